The molecule has 25 heavy (non-hydrogen) atoms. The van der Waals surface area contributed by atoms with E-state index < -0.39 is 6.10 Å². The summed E-state index contributed by atoms with van der Waals surface area (Å²) < 4.78 is 16.5. The van der Waals surface area contributed by atoms with Crippen molar-refractivity contribution in [1.29, 1.82) is 0 Å². The minimum atomic E-state index is -0.548. The van der Waals surface area contributed by atoms with Crippen LogP contribution < -0.4 is 9.47 Å². The van der Waals surface area contributed by atoms with Crippen molar-refractivity contribution in [2.45, 2.75) is 19.6 Å². The summed E-state index contributed by atoms with van der Waals surface area (Å²) in [7, 11) is 1.59. The fourth-order valence-corrected chi connectivity index (χ4v) is 2.96. The molecule has 0 aliphatic carbocycles. The second-order valence-electron chi connectivity index (χ2n) is 6.09. The molecule has 1 aliphatic rings. The molecule has 1 aliphatic heterocycles. The summed E-state index contributed by atoms with van der Waals surface area (Å²) >= 11 is 0. The minimum absolute atomic E-state index is 0.00329. The molecule has 0 bridgehead atoms. The molecule has 0 N–H and O–H groups in total. The van der Waals surface area contributed by atoms with E-state index in [1.54, 1.807) is 20.3 Å². The fourth-order valence-electron chi connectivity index (χ4n) is 2.96. The lowest BCUT2D eigenvalue weighted by Crippen LogP contribution is -2.51. The van der Waals surface area contributed by atoms with Crippen molar-refractivity contribution >= 4 is 5.91 Å². The van der Waals surface area contributed by atoms with Crippen LogP contribution in [-0.4, -0.2) is 55.1 Å². The number of benzene rings is 1. The number of hydrogen-bond acceptors (Lipinski definition) is 5. The molecule has 134 valence electrons. The topological polar surface area (TPSA) is 55.2 Å². The zero-order valence-corrected chi connectivity index (χ0v) is 14.7. The van der Waals surface area contributed by atoms with Crippen LogP contribution >= 0.6 is 0 Å². The Morgan fingerprint density at radius 3 is 2.48 bits per heavy atom. The lowest BCUT2D eigenvalue weighted by molar-refractivity contribution is -0.139. The van der Waals surface area contributed by atoms with E-state index in [2.05, 4.69) is 4.90 Å². The van der Waals surface area contributed by atoms with Gasteiger partial charge in [0.2, 0.25) is 0 Å². The number of para-hydroxylation sites is 2. The molecule has 0 radical (unpaired) electrons. The van der Waals surface area contributed by atoms with Crippen LogP contribution in [0.2, 0.25) is 0 Å². The van der Waals surface area contributed by atoms with Gasteiger partial charge in [-0.1, -0.05) is 12.1 Å². The zero-order chi connectivity index (χ0) is 17.6. The molecule has 2 aromatic rings. The summed E-state index contributed by atoms with van der Waals surface area (Å²) in [5.74, 6) is 2.17. The number of carbonyl (C=O) groups is 1. The van der Waals surface area contributed by atoms with Gasteiger partial charge in [0.1, 0.15) is 5.76 Å². The second-order valence-corrected chi connectivity index (χ2v) is 6.09. The molecule has 1 saturated heterocycles. The van der Waals surface area contributed by atoms with Gasteiger partial charge in [-0.05, 0) is 31.2 Å². The molecule has 2 heterocycles. The van der Waals surface area contributed by atoms with Gasteiger partial charge in [0.15, 0.2) is 17.6 Å². The highest BCUT2D eigenvalue weighted by Crippen LogP contribution is 2.27. The predicted octanol–water partition coefficient (Wildman–Crippen LogP) is 2.40. The van der Waals surface area contributed by atoms with Crippen LogP contribution in [0.4, 0.5) is 0 Å². The third kappa shape index (κ3) is 4.33. The highest BCUT2D eigenvalue weighted by atomic mass is 16.5. The van der Waals surface area contributed by atoms with Crippen molar-refractivity contribution in [3.05, 3.63) is 48.4 Å². The van der Waals surface area contributed by atoms with Crippen molar-refractivity contribution in [1.82, 2.24) is 9.80 Å². The van der Waals surface area contributed by atoms with E-state index in [4.69, 9.17) is 13.9 Å². The Balaban J connectivity index is 1.51. The summed E-state index contributed by atoms with van der Waals surface area (Å²) in [6, 6.07) is 11.2. The minimum Gasteiger partial charge on any atom is -0.493 e. The third-order valence-electron chi connectivity index (χ3n) is 4.36. The summed E-state index contributed by atoms with van der Waals surface area (Å²) in [5.41, 5.74) is 0. The number of carbonyl (C=O) groups excluding carboxylic acids is 1. The van der Waals surface area contributed by atoms with E-state index in [0.29, 0.717) is 24.6 Å². The Morgan fingerprint density at radius 2 is 1.84 bits per heavy atom. The quantitative estimate of drug-likeness (QED) is 0.805. The highest BCUT2D eigenvalue weighted by molar-refractivity contribution is 5.81. The Kier molecular flexibility index (Phi) is 5.60. The van der Waals surface area contributed by atoms with Crippen LogP contribution in [0.25, 0.3) is 0 Å². The van der Waals surface area contributed by atoms with Crippen LogP contribution in [-0.2, 0) is 11.3 Å². The average molecular weight is 344 g/mol. The van der Waals surface area contributed by atoms with Gasteiger partial charge >= 0.3 is 0 Å². The molecular weight excluding hydrogens is 320 g/mol. The van der Waals surface area contributed by atoms with Crippen LogP contribution in [0, 0.1) is 0 Å². The maximum absolute atomic E-state index is 12.6. The first-order valence-corrected chi connectivity index (χ1v) is 8.50. The fraction of sp³-hybridized carbons (Fsp3) is 0.421. The van der Waals surface area contributed by atoms with Gasteiger partial charge in [-0.3, -0.25) is 9.69 Å². The molecule has 6 nitrogen and oxygen atoms in total. The molecule has 0 unspecified atom stereocenters. The number of amides is 1. The van der Waals surface area contributed by atoms with Gasteiger partial charge in [0.25, 0.3) is 5.91 Å². The van der Waals surface area contributed by atoms with E-state index in [1.807, 2.05) is 41.3 Å². The molecule has 0 spiro atoms. The van der Waals surface area contributed by atoms with Gasteiger partial charge in [0, 0.05) is 26.2 Å². The summed E-state index contributed by atoms with van der Waals surface area (Å²) in [5, 5.41) is 0. The lowest BCUT2D eigenvalue weighted by Gasteiger charge is -2.35. The van der Waals surface area contributed by atoms with Crippen molar-refractivity contribution in [2.24, 2.45) is 0 Å². The second kappa shape index (κ2) is 8.07. The summed E-state index contributed by atoms with van der Waals surface area (Å²) in [4.78, 5) is 16.8. The summed E-state index contributed by atoms with van der Waals surface area (Å²) in [6.45, 7) is 5.60. The van der Waals surface area contributed by atoms with Crippen molar-refractivity contribution < 1.29 is 18.7 Å². The van der Waals surface area contributed by atoms with Crippen molar-refractivity contribution in [3.8, 4) is 11.5 Å². The Bertz CT molecular complexity index is 678. The van der Waals surface area contributed by atoms with Crippen LogP contribution in [0.1, 0.15) is 12.7 Å². The first kappa shape index (κ1) is 17.4. The molecule has 1 fully saturated rings. The van der Waals surface area contributed by atoms with E-state index in [0.717, 1.165) is 25.4 Å². The predicted molar refractivity (Wildman–Crippen MR) is 93.6 cm³/mol. The van der Waals surface area contributed by atoms with Gasteiger partial charge in [0.05, 0.1) is 19.9 Å². The van der Waals surface area contributed by atoms with Crippen LogP contribution in [0.5, 0.6) is 11.5 Å². The normalized spacial score (nSPS) is 16.5. The molecule has 0 saturated carbocycles. The monoisotopic (exact) mass is 344 g/mol. The lowest BCUT2D eigenvalue weighted by atomic mass is 10.2. The number of nitrogens with zero attached hydrogens (tertiary/aromatic N) is 2. The molecule has 1 atom stereocenters. The number of ether oxygens (including phenoxy) is 2. The van der Waals surface area contributed by atoms with E-state index in [9.17, 15) is 4.79 Å². The van der Waals surface area contributed by atoms with Crippen molar-refractivity contribution in [2.75, 3.05) is 33.3 Å². The maximum Gasteiger partial charge on any atom is 0.263 e. The Hall–Kier alpha value is -2.47. The van der Waals surface area contributed by atoms with Gasteiger partial charge in [-0.25, -0.2) is 0 Å². The Morgan fingerprint density at radius 1 is 1.12 bits per heavy atom. The number of rotatable bonds is 6. The van der Waals surface area contributed by atoms with E-state index in [1.165, 1.54) is 0 Å². The maximum atomic E-state index is 12.6. The zero-order valence-electron chi connectivity index (χ0n) is 14.7. The molecule has 6 heteroatoms. The standard InChI is InChI=1S/C19H24N2O4/c1-15(25-18-8-4-3-7-17(18)23-2)19(22)21-11-9-20(10-12-21)14-16-6-5-13-24-16/h3-8,13,15H,9-12,14H2,1-2H3/t15-/m0/s1. The first-order chi connectivity index (χ1) is 12.2. The largest absolute Gasteiger partial charge is 0.493 e. The number of piperazine rings is 1. The number of methoxy groups -OCH3 is 1. The molecule has 1 aromatic heterocycles. The molecule has 1 aromatic carbocycles. The molecule has 3 rings (SSSR count). The smallest absolute Gasteiger partial charge is 0.263 e. The van der Waals surface area contributed by atoms with Gasteiger partial charge < -0.3 is 18.8 Å². The molecule has 1 amide bonds. The van der Waals surface area contributed by atoms with E-state index >= 15 is 0 Å². The number of hydrogen-bond donors (Lipinski definition) is 0. The van der Waals surface area contributed by atoms with E-state index in [-0.39, 0.29) is 5.91 Å². The number of furan rings is 1. The van der Waals surface area contributed by atoms with Crippen molar-refractivity contribution in [3.63, 3.8) is 0 Å². The third-order valence-corrected chi connectivity index (χ3v) is 4.36. The van der Waals surface area contributed by atoms with Crippen LogP contribution in [0.3, 0.4) is 0 Å². The Labute approximate surface area is 147 Å². The average Bonchev–Trinajstić information content (AvgIpc) is 3.15. The van der Waals surface area contributed by atoms with Gasteiger partial charge in [-0.2, -0.15) is 0 Å². The summed E-state index contributed by atoms with van der Waals surface area (Å²) in [6.07, 6.45) is 1.14. The highest BCUT2D eigenvalue weighted by Gasteiger charge is 2.26. The van der Waals surface area contributed by atoms with Crippen LogP contribution in [0.15, 0.2) is 47.1 Å². The first-order valence-electron chi connectivity index (χ1n) is 8.50. The SMILES string of the molecule is COc1ccccc1O[C@@H](C)C(=O)N1CCN(Cc2ccco2)CC1. The van der Waals surface area contributed by atoms with Gasteiger partial charge in [-0.15, -0.1) is 0 Å². The molecular formula is C19H24N2O4.